The van der Waals surface area contributed by atoms with E-state index >= 15 is 0 Å². The van der Waals surface area contributed by atoms with Crippen molar-refractivity contribution >= 4 is 35.0 Å². The molecule has 2 unspecified atom stereocenters. The molecule has 0 spiro atoms. The quantitative estimate of drug-likeness (QED) is 0.0992. The van der Waals surface area contributed by atoms with Crippen LogP contribution in [0.3, 0.4) is 0 Å². The van der Waals surface area contributed by atoms with Crippen LogP contribution >= 0.6 is 0 Å². The van der Waals surface area contributed by atoms with Gasteiger partial charge in [0, 0.05) is 51.7 Å². The van der Waals surface area contributed by atoms with Gasteiger partial charge in [0.2, 0.25) is 11.8 Å². The number of aryl methyl sites for hydroxylation is 4. The minimum atomic E-state index is -2.27. The summed E-state index contributed by atoms with van der Waals surface area (Å²) in [6.45, 7) is 7.48. The van der Waals surface area contributed by atoms with Crippen molar-refractivity contribution in [3.8, 4) is 22.5 Å². The number of aromatic nitrogens is 4. The van der Waals surface area contributed by atoms with Gasteiger partial charge in [-0.15, -0.1) is 0 Å². The summed E-state index contributed by atoms with van der Waals surface area (Å²) in [6.07, 6.45) is -0.738. The lowest BCUT2D eigenvalue weighted by Crippen LogP contribution is -2.39. The number of amides is 2. The molecule has 17 heteroatoms. The van der Waals surface area contributed by atoms with Gasteiger partial charge in [-0.05, 0) is 51.0 Å². The van der Waals surface area contributed by atoms with E-state index in [4.69, 9.17) is 45.7 Å². The normalized spacial score (nSPS) is 11.6. The van der Waals surface area contributed by atoms with Crippen LogP contribution in [-0.2, 0) is 32.0 Å². The molecule has 0 aliphatic carbocycles. The Morgan fingerprint density at radius 2 is 0.839 bits per heavy atom. The zero-order chi connectivity index (χ0) is 46.4. The molecule has 2 atom stereocenters. The number of carboxylic acid groups (broad SMARTS) is 2. The van der Waals surface area contributed by atoms with E-state index < -0.39 is 30.3 Å². The number of hydrogen-bond donors (Lipinski definition) is 7. The van der Waals surface area contributed by atoms with E-state index in [1.165, 1.54) is 11.1 Å². The first kappa shape index (κ1) is 49.9. The fourth-order valence-corrected chi connectivity index (χ4v) is 5.55. The van der Waals surface area contributed by atoms with E-state index in [0.29, 0.717) is 12.8 Å². The number of hydrogen-bond acceptors (Lipinski definition) is 11. The Balaban J connectivity index is 0.000000247. The van der Waals surface area contributed by atoms with Crippen LogP contribution in [0, 0.1) is 27.7 Å². The summed E-state index contributed by atoms with van der Waals surface area (Å²) in [5.74, 6) is -3.40. The topological polar surface area (TPSA) is 251 Å². The molecule has 332 valence electrons. The number of carboxylic acids is 2. The number of aliphatic carboxylic acids is 2. The number of likely N-dealkylation sites (N-methyl/N-ethyl adjacent to an activating group) is 2. The number of aliphatic hydroxyl groups excluding tert-OH is 5. The number of nitrogens with zero attached hydrogens (tertiary/aromatic N) is 6. The second kappa shape index (κ2) is 22.9. The highest BCUT2D eigenvalue weighted by Crippen LogP contribution is 2.27. The molecule has 17 nitrogen and oxygen atoms in total. The lowest BCUT2D eigenvalue weighted by atomic mass is 10.1. The zero-order valence-electron chi connectivity index (χ0n) is 36.1. The molecule has 0 saturated carbocycles. The molecule has 0 aliphatic rings. The van der Waals surface area contributed by atoms with E-state index in [0.717, 1.165) is 56.3 Å². The summed E-state index contributed by atoms with van der Waals surface area (Å²) < 4.78 is 4.07. The van der Waals surface area contributed by atoms with Gasteiger partial charge in [0.25, 0.3) is 0 Å². The fraction of sp³-hybridized carbons (Fsp3) is 0.333. The second-order valence-electron chi connectivity index (χ2n) is 14.9. The molecule has 0 aliphatic heterocycles. The van der Waals surface area contributed by atoms with Crippen LogP contribution in [0.25, 0.3) is 33.8 Å². The summed E-state index contributed by atoms with van der Waals surface area (Å²) in [6, 6.07) is 24.6. The smallest absolute Gasteiger partial charge is 0.335 e. The highest BCUT2D eigenvalue weighted by molar-refractivity contribution is 5.83. The number of fused-ring (bicyclic) bond motifs is 2. The number of carbonyl (C=O) groups is 4. The lowest BCUT2D eigenvalue weighted by Gasteiger charge is -2.11. The molecule has 62 heavy (non-hydrogen) atoms. The molecule has 4 aromatic heterocycles. The van der Waals surface area contributed by atoms with Crippen LogP contribution < -0.4 is 0 Å². The molecule has 6 aromatic rings. The number of imidazole rings is 2. The lowest BCUT2D eigenvalue weighted by molar-refractivity contribution is -0.165. The van der Waals surface area contributed by atoms with Crippen molar-refractivity contribution in [1.29, 1.82) is 0 Å². The van der Waals surface area contributed by atoms with Crippen molar-refractivity contribution in [3.05, 3.63) is 119 Å². The highest BCUT2D eigenvalue weighted by atomic mass is 16.4. The van der Waals surface area contributed by atoms with Gasteiger partial charge in [0.05, 0.1) is 48.8 Å². The van der Waals surface area contributed by atoms with Gasteiger partial charge >= 0.3 is 11.9 Å². The maximum Gasteiger partial charge on any atom is 0.335 e. The number of aliphatic hydroxyl groups is 5. The van der Waals surface area contributed by atoms with Gasteiger partial charge in [0.15, 0.2) is 12.2 Å². The third-order valence-corrected chi connectivity index (χ3v) is 9.24. The van der Waals surface area contributed by atoms with Crippen LogP contribution in [0.5, 0.6) is 0 Å². The third-order valence-electron chi connectivity index (χ3n) is 9.24. The summed E-state index contributed by atoms with van der Waals surface area (Å²) in [7, 11) is 7.12. The van der Waals surface area contributed by atoms with Crippen LogP contribution in [0.1, 0.15) is 33.6 Å². The first-order chi connectivity index (χ1) is 29.2. The standard InChI is InChI=1S/2C19H21N3O.C4H6O6.C3H8O3/c2*1-13-5-8-15(9-6-13)19-16(11-18(23)21(3)4)22-12-14(2)7-10-17(22)20-19;5-1(3(7)8)2(6)4(9)10;4-1-3(6)2-5/h2*5-10,12H,11H2,1-4H3;1-2,5-6H,(H,7,8)(H,9,10);3-6H,1-2H2. The van der Waals surface area contributed by atoms with Crippen molar-refractivity contribution in [2.75, 3.05) is 41.4 Å². The predicted octanol–water partition coefficient (Wildman–Crippen LogP) is 2.71. The van der Waals surface area contributed by atoms with Crippen LogP contribution in [0.15, 0.2) is 85.2 Å². The van der Waals surface area contributed by atoms with Crippen molar-refractivity contribution in [2.24, 2.45) is 0 Å². The zero-order valence-corrected chi connectivity index (χ0v) is 36.1. The maximum atomic E-state index is 12.3. The monoisotopic (exact) mass is 856 g/mol. The van der Waals surface area contributed by atoms with Gasteiger partial charge < -0.3 is 54.3 Å². The molecule has 7 N–H and O–H groups in total. The Morgan fingerprint density at radius 3 is 1.10 bits per heavy atom. The van der Waals surface area contributed by atoms with E-state index in [-0.39, 0.29) is 25.0 Å². The molecular weight excluding hydrogens is 801 g/mol. The number of rotatable bonds is 11. The second-order valence-corrected chi connectivity index (χ2v) is 14.9. The minimum absolute atomic E-state index is 0.0710. The summed E-state index contributed by atoms with van der Waals surface area (Å²) in [5.41, 5.74) is 12.2. The SMILES string of the molecule is Cc1ccc(-c2nc3ccc(C)cn3c2CC(=O)N(C)C)cc1.Cc1ccc(-c2nc3ccc(C)cn3c2CC(=O)N(C)C)cc1.O=C(O)C(O)C(O)C(=O)O.OCC(O)CO. The molecule has 6 rings (SSSR count). The molecule has 0 fully saturated rings. The predicted molar refractivity (Wildman–Crippen MR) is 232 cm³/mol. The van der Waals surface area contributed by atoms with Gasteiger partial charge in [-0.2, -0.15) is 0 Å². The minimum Gasteiger partial charge on any atom is -0.479 e. The van der Waals surface area contributed by atoms with Crippen LogP contribution in [-0.4, -0.2) is 148 Å². The van der Waals surface area contributed by atoms with Crippen LogP contribution in [0.4, 0.5) is 0 Å². The Morgan fingerprint density at radius 1 is 0.532 bits per heavy atom. The maximum absolute atomic E-state index is 12.3. The van der Waals surface area contributed by atoms with E-state index in [1.54, 1.807) is 38.0 Å². The molecule has 0 saturated heterocycles. The average molecular weight is 857 g/mol. The Kier molecular flexibility index (Phi) is 18.4. The molecule has 4 heterocycles. The van der Waals surface area contributed by atoms with E-state index in [9.17, 15) is 19.2 Å². The Bertz CT molecular complexity index is 2270. The van der Waals surface area contributed by atoms with Gasteiger partial charge in [-0.1, -0.05) is 71.8 Å². The van der Waals surface area contributed by atoms with E-state index in [2.05, 4.69) is 62.4 Å². The van der Waals surface area contributed by atoms with Gasteiger partial charge in [-0.25, -0.2) is 19.6 Å². The van der Waals surface area contributed by atoms with E-state index in [1.807, 2.05) is 59.3 Å². The number of carbonyl (C=O) groups excluding carboxylic acids is 2. The summed E-state index contributed by atoms with van der Waals surface area (Å²) >= 11 is 0. The van der Waals surface area contributed by atoms with Crippen molar-refractivity contribution in [1.82, 2.24) is 28.6 Å². The molecule has 2 aromatic carbocycles. The van der Waals surface area contributed by atoms with Gasteiger partial charge in [-0.3, -0.25) is 9.59 Å². The van der Waals surface area contributed by atoms with Gasteiger partial charge in [0.1, 0.15) is 17.4 Å². The molecular formula is C45H56N6O11. The third kappa shape index (κ3) is 13.8. The number of benzene rings is 2. The first-order valence-corrected chi connectivity index (χ1v) is 19.4. The van der Waals surface area contributed by atoms with Crippen molar-refractivity contribution < 1.29 is 54.9 Å². The number of pyridine rings is 2. The average Bonchev–Trinajstić information content (AvgIpc) is 3.77. The molecule has 2 amide bonds. The van der Waals surface area contributed by atoms with Crippen LogP contribution in [0.2, 0.25) is 0 Å². The first-order valence-electron chi connectivity index (χ1n) is 19.4. The Labute approximate surface area is 359 Å². The summed E-state index contributed by atoms with van der Waals surface area (Å²) in [5, 5.41) is 56.5. The summed E-state index contributed by atoms with van der Waals surface area (Å²) in [4.78, 5) is 56.8. The molecule has 0 bridgehead atoms. The molecule has 0 radical (unpaired) electrons. The Hall–Kier alpha value is -6.50. The highest BCUT2D eigenvalue weighted by Gasteiger charge is 2.29. The van der Waals surface area contributed by atoms with Crippen molar-refractivity contribution in [3.63, 3.8) is 0 Å². The largest absolute Gasteiger partial charge is 0.479 e. The van der Waals surface area contributed by atoms with Crippen molar-refractivity contribution in [2.45, 2.75) is 58.8 Å². The fourth-order valence-electron chi connectivity index (χ4n) is 5.55.